The zero-order valence-corrected chi connectivity index (χ0v) is 11.8. The Morgan fingerprint density at radius 2 is 1.81 bits per heavy atom. The lowest BCUT2D eigenvalue weighted by Gasteiger charge is -2.01. The van der Waals surface area contributed by atoms with E-state index in [9.17, 15) is 14.4 Å². The number of benzene rings is 1. The zero-order valence-electron chi connectivity index (χ0n) is 11.8. The normalized spacial score (nSPS) is 10.8. The molecule has 116 valence electrons. The van der Waals surface area contributed by atoms with Crippen molar-refractivity contribution in [3.8, 4) is 0 Å². The second-order valence-corrected chi connectivity index (χ2v) is 4.19. The van der Waals surface area contributed by atoms with Crippen molar-refractivity contribution in [3.63, 3.8) is 0 Å². The highest BCUT2D eigenvalue weighted by Gasteiger charge is 2.11. The smallest absolute Gasteiger partial charge is 0.320 e. The Hall–Kier alpha value is -2.41. The summed E-state index contributed by atoms with van der Waals surface area (Å²) in [6.45, 7) is 0. The molecule has 0 radical (unpaired) electrons. The van der Waals surface area contributed by atoms with Crippen molar-refractivity contribution < 1.29 is 24.2 Å². The van der Waals surface area contributed by atoms with Gasteiger partial charge >= 0.3 is 11.9 Å². The van der Waals surface area contributed by atoms with Crippen molar-refractivity contribution in [2.24, 2.45) is 11.5 Å². The molecule has 0 saturated heterocycles. The van der Waals surface area contributed by atoms with E-state index in [2.05, 4.69) is 4.74 Å². The van der Waals surface area contributed by atoms with E-state index in [4.69, 9.17) is 16.6 Å². The molecule has 0 bridgehead atoms. The summed E-state index contributed by atoms with van der Waals surface area (Å²) in [5.41, 5.74) is 10.8. The van der Waals surface area contributed by atoms with Crippen LogP contribution in [0.25, 0.3) is 0 Å². The Bertz CT molecular complexity index is 462. The van der Waals surface area contributed by atoms with E-state index >= 15 is 0 Å². The number of hydrogen-bond donors (Lipinski definition) is 3. The van der Waals surface area contributed by atoms with Crippen molar-refractivity contribution >= 4 is 17.8 Å². The molecule has 1 atom stereocenters. The molecule has 5 N–H and O–H groups in total. The molecule has 0 fully saturated rings. The minimum atomic E-state index is -1.11. The fourth-order valence-corrected chi connectivity index (χ4v) is 1.26. The van der Waals surface area contributed by atoms with Crippen LogP contribution in [-0.2, 0) is 25.5 Å². The number of esters is 1. The first-order valence-electron chi connectivity index (χ1n) is 6.24. The van der Waals surface area contributed by atoms with Crippen molar-refractivity contribution in [2.45, 2.75) is 25.3 Å². The van der Waals surface area contributed by atoms with Crippen LogP contribution in [0.2, 0.25) is 0 Å². The molecule has 21 heavy (non-hydrogen) atoms. The van der Waals surface area contributed by atoms with Crippen LogP contribution in [0.3, 0.4) is 0 Å². The van der Waals surface area contributed by atoms with Crippen LogP contribution >= 0.6 is 0 Å². The Labute approximate surface area is 122 Å². The molecule has 1 unspecified atom stereocenters. The third-order valence-electron chi connectivity index (χ3n) is 2.44. The van der Waals surface area contributed by atoms with Gasteiger partial charge in [0.2, 0.25) is 5.91 Å². The molecule has 0 aliphatic carbocycles. The monoisotopic (exact) mass is 296 g/mol. The number of carbonyl (C=O) groups excluding carboxylic acids is 2. The predicted octanol–water partition coefficient (Wildman–Crippen LogP) is 0.0659. The van der Waals surface area contributed by atoms with Gasteiger partial charge in [-0.05, 0) is 12.0 Å². The van der Waals surface area contributed by atoms with E-state index in [0.717, 1.165) is 5.56 Å². The van der Waals surface area contributed by atoms with Gasteiger partial charge in [0.25, 0.3) is 0 Å². The molecule has 0 heterocycles. The molecule has 0 spiro atoms. The van der Waals surface area contributed by atoms with Gasteiger partial charge in [-0.3, -0.25) is 14.4 Å². The molecule has 1 amide bonds. The lowest BCUT2D eigenvalue weighted by Crippen LogP contribution is -2.31. The standard InChI is InChI=1S/C9H10O2.C5H10N2O3/c1-11-9(10)7-8-5-3-2-4-6-8;6-3(5(9)10)1-2-4(7)8/h2-6H,7H2,1H3;3H,1-2,6H2,(H2,7,8)(H,9,10). The van der Waals surface area contributed by atoms with E-state index < -0.39 is 17.9 Å². The zero-order chi connectivity index (χ0) is 16.3. The lowest BCUT2D eigenvalue weighted by molar-refractivity contribution is -0.140. The average molecular weight is 296 g/mol. The van der Waals surface area contributed by atoms with Gasteiger partial charge in [0.05, 0.1) is 13.5 Å². The lowest BCUT2D eigenvalue weighted by atomic mass is 10.2. The minimum Gasteiger partial charge on any atom is -0.480 e. The summed E-state index contributed by atoms with van der Waals surface area (Å²) in [4.78, 5) is 30.9. The molecule has 7 heteroatoms. The van der Waals surface area contributed by atoms with E-state index in [1.807, 2.05) is 30.3 Å². The Kier molecular flexibility index (Phi) is 9.19. The first-order chi connectivity index (χ1) is 9.86. The molecule has 7 nitrogen and oxygen atoms in total. The van der Waals surface area contributed by atoms with Crippen molar-refractivity contribution in [3.05, 3.63) is 35.9 Å². The van der Waals surface area contributed by atoms with Crippen LogP contribution in [0.5, 0.6) is 0 Å². The number of carboxylic acid groups (broad SMARTS) is 1. The number of methoxy groups -OCH3 is 1. The molecule has 1 aromatic rings. The van der Waals surface area contributed by atoms with Gasteiger partial charge in [-0.15, -0.1) is 0 Å². The third kappa shape index (κ3) is 10.1. The third-order valence-corrected chi connectivity index (χ3v) is 2.44. The fraction of sp³-hybridized carbons (Fsp3) is 0.357. The Balaban J connectivity index is 0.000000384. The summed E-state index contributed by atoms with van der Waals surface area (Å²) in [7, 11) is 1.39. The van der Waals surface area contributed by atoms with Gasteiger partial charge in [-0.2, -0.15) is 0 Å². The molecular formula is C14H20N2O5. The van der Waals surface area contributed by atoms with Gasteiger partial charge in [0, 0.05) is 6.42 Å². The maximum absolute atomic E-state index is 10.8. The number of primary amides is 1. The fourth-order valence-electron chi connectivity index (χ4n) is 1.26. The van der Waals surface area contributed by atoms with Crippen LogP contribution in [0.15, 0.2) is 30.3 Å². The van der Waals surface area contributed by atoms with E-state index in [1.165, 1.54) is 7.11 Å². The van der Waals surface area contributed by atoms with Gasteiger partial charge < -0.3 is 21.3 Å². The summed E-state index contributed by atoms with van der Waals surface area (Å²) in [6.07, 6.45) is 0.482. The largest absolute Gasteiger partial charge is 0.480 e. The van der Waals surface area contributed by atoms with Crippen molar-refractivity contribution in [1.29, 1.82) is 0 Å². The molecule has 0 saturated carbocycles. The molecule has 1 rings (SSSR count). The van der Waals surface area contributed by atoms with Crippen LogP contribution in [0, 0.1) is 0 Å². The SMILES string of the molecule is COC(=O)Cc1ccccc1.NC(=O)CCC(N)C(=O)O. The number of carboxylic acids is 1. The molecule has 0 aliphatic rings. The number of ether oxygens (including phenoxy) is 1. The summed E-state index contributed by atoms with van der Waals surface area (Å²) in [5, 5.41) is 8.22. The first kappa shape index (κ1) is 18.6. The summed E-state index contributed by atoms with van der Waals surface area (Å²) < 4.78 is 4.52. The van der Waals surface area contributed by atoms with E-state index in [0.29, 0.717) is 6.42 Å². The number of carbonyl (C=O) groups is 3. The first-order valence-corrected chi connectivity index (χ1v) is 6.24. The second kappa shape index (κ2) is 10.4. The molecular weight excluding hydrogens is 276 g/mol. The van der Waals surface area contributed by atoms with Crippen LogP contribution < -0.4 is 11.5 Å². The summed E-state index contributed by atoms with van der Waals surface area (Å²) in [6, 6.07) is 8.54. The van der Waals surface area contributed by atoms with Crippen LogP contribution in [0.1, 0.15) is 18.4 Å². The number of rotatable bonds is 6. The van der Waals surface area contributed by atoms with Crippen LogP contribution in [0.4, 0.5) is 0 Å². The van der Waals surface area contributed by atoms with E-state index in [1.54, 1.807) is 0 Å². The van der Waals surface area contributed by atoms with Gasteiger partial charge in [0.15, 0.2) is 0 Å². The maximum Gasteiger partial charge on any atom is 0.320 e. The molecule has 1 aromatic carbocycles. The van der Waals surface area contributed by atoms with Crippen molar-refractivity contribution in [2.75, 3.05) is 7.11 Å². The van der Waals surface area contributed by atoms with Gasteiger partial charge in [-0.25, -0.2) is 0 Å². The highest BCUT2D eigenvalue weighted by Crippen LogP contribution is 1.99. The second-order valence-electron chi connectivity index (χ2n) is 4.19. The van der Waals surface area contributed by atoms with Gasteiger partial charge in [0.1, 0.15) is 6.04 Å². The molecule has 0 aromatic heterocycles. The quantitative estimate of drug-likeness (QED) is 0.636. The highest BCUT2D eigenvalue weighted by molar-refractivity contribution is 5.77. The Morgan fingerprint density at radius 3 is 2.24 bits per heavy atom. The number of nitrogens with two attached hydrogens (primary N) is 2. The van der Waals surface area contributed by atoms with Crippen molar-refractivity contribution in [1.82, 2.24) is 0 Å². The summed E-state index contributed by atoms with van der Waals surface area (Å²) in [5.74, 6) is -1.84. The topological polar surface area (TPSA) is 133 Å². The number of amides is 1. The van der Waals surface area contributed by atoms with Gasteiger partial charge in [-0.1, -0.05) is 30.3 Å². The van der Waals surface area contributed by atoms with E-state index in [-0.39, 0.29) is 18.8 Å². The maximum atomic E-state index is 10.8. The average Bonchev–Trinajstić information content (AvgIpc) is 2.46. The Morgan fingerprint density at radius 1 is 1.24 bits per heavy atom. The summed E-state index contributed by atoms with van der Waals surface area (Å²) >= 11 is 0. The number of aliphatic carboxylic acids is 1. The molecule has 0 aliphatic heterocycles. The minimum absolute atomic E-state index is 0.0213. The predicted molar refractivity (Wildman–Crippen MR) is 76.2 cm³/mol. The number of hydrogen-bond acceptors (Lipinski definition) is 5. The van der Waals surface area contributed by atoms with Crippen LogP contribution in [-0.4, -0.2) is 36.1 Å². The highest BCUT2D eigenvalue weighted by atomic mass is 16.5.